The fraction of sp³-hybridized carbons (Fsp3) is 0.379. The lowest BCUT2D eigenvalue weighted by Crippen LogP contribution is -2.25. The molecule has 18 heteroatoms. The van der Waals surface area contributed by atoms with E-state index < -0.39 is 26.0 Å². The Morgan fingerprint density at radius 3 is 1.15 bits per heavy atom. The van der Waals surface area contributed by atoms with E-state index in [9.17, 15) is 26.3 Å². The lowest BCUT2D eigenvalue weighted by atomic mass is 9.88. The molecule has 0 atom stereocenters. The highest BCUT2D eigenvalue weighted by Crippen LogP contribution is 2.45. The minimum absolute atomic E-state index is 0.00954. The Kier molecular flexibility index (Phi) is 11.9. The SMILES string of the molecule is CCB(O)O.CCc1cc2c(cc1CC)OC(F)(F)O2.CCc1cc2c(cc1N)OC(F)(F)O2.Nc1cc2c(cc1Br)OC(F)(F)O2. The number of hydrogen-bond donors (Lipinski definition) is 4. The number of hydrogen-bond acceptors (Lipinski definition) is 10. The molecule has 0 aromatic heterocycles. The second kappa shape index (κ2) is 14.9. The molecule has 6 N–H and O–H groups in total. The van der Waals surface area contributed by atoms with Crippen LogP contribution in [0.2, 0.25) is 6.32 Å². The van der Waals surface area contributed by atoms with Crippen molar-refractivity contribution in [2.24, 2.45) is 0 Å². The van der Waals surface area contributed by atoms with Gasteiger partial charge in [-0.1, -0.05) is 27.7 Å². The Balaban J connectivity index is 0.000000179. The fourth-order valence-corrected chi connectivity index (χ4v) is 4.41. The first kappa shape index (κ1) is 37.6. The average molecular weight is 741 g/mol. The van der Waals surface area contributed by atoms with Gasteiger partial charge in [0.15, 0.2) is 34.5 Å². The molecule has 0 saturated carbocycles. The minimum atomic E-state index is -3.59. The van der Waals surface area contributed by atoms with Gasteiger partial charge in [-0.05, 0) is 76.4 Å². The van der Waals surface area contributed by atoms with Gasteiger partial charge in [0.05, 0.1) is 0 Å². The molecule has 0 fully saturated rings. The lowest BCUT2D eigenvalue weighted by molar-refractivity contribution is -0.287. The van der Waals surface area contributed by atoms with Crippen LogP contribution in [0, 0.1) is 0 Å². The van der Waals surface area contributed by atoms with Crippen molar-refractivity contribution in [1.82, 2.24) is 0 Å². The van der Waals surface area contributed by atoms with Gasteiger partial charge in [-0.3, -0.25) is 0 Å². The van der Waals surface area contributed by atoms with Crippen LogP contribution in [-0.4, -0.2) is 36.1 Å². The predicted molar refractivity (Wildman–Crippen MR) is 163 cm³/mol. The van der Waals surface area contributed by atoms with Crippen molar-refractivity contribution in [2.45, 2.75) is 72.2 Å². The summed E-state index contributed by atoms with van der Waals surface area (Å²) < 4.78 is 102. The number of halogens is 7. The smallest absolute Gasteiger partial charge is 0.427 e. The summed E-state index contributed by atoms with van der Waals surface area (Å²) in [5, 5.41) is 15.8. The van der Waals surface area contributed by atoms with Gasteiger partial charge >= 0.3 is 26.0 Å². The van der Waals surface area contributed by atoms with Crippen LogP contribution in [0.5, 0.6) is 34.5 Å². The second-order valence-corrected chi connectivity index (χ2v) is 10.7. The van der Waals surface area contributed by atoms with Gasteiger partial charge in [0.25, 0.3) is 0 Å². The summed E-state index contributed by atoms with van der Waals surface area (Å²) in [5.74, 6) is 0.227. The van der Waals surface area contributed by atoms with Gasteiger partial charge < -0.3 is 49.9 Å². The number of nitrogen functional groups attached to an aromatic ring is 2. The molecule has 10 nitrogen and oxygen atoms in total. The van der Waals surface area contributed by atoms with Crippen LogP contribution in [0.25, 0.3) is 0 Å². The van der Waals surface area contributed by atoms with E-state index in [1.54, 1.807) is 19.1 Å². The molecule has 3 aromatic rings. The zero-order valence-electron chi connectivity index (χ0n) is 25.5. The van der Waals surface area contributed by atoms with Crippen LogP contribution in [0.4, 0.5) is 37.7 Å². The van der Waals surface area contributed by atoms with Crippen molar-refractivity contribution in [3.63, 3.8) is 0 Å². The van der Waals surface area contributed by atoms with Crippen molar-refractivity contribution < 1.29 is 64.8 Å². The maximum absolute atomic E-state index is 12.8. The van der Waals surface area contributed by atoms with Crippen LogP contribution >= 0.6 is 15.9 Å². The van der Waals surface area contributed by atoms with Gasteiger partial charge in [-0.15, -0.1) is 26.3 Å². The molecule has 0 amide bonds. The van der Waals surface area contributed by atoms with E-state index in [2.05, 4.69) is 44.4 Å². The average Bonchev–Trinajstić information content (AvgIpc) is 3.57. The number of anilines is 2. The quantitative estimate of drug-likeness (QED) is 0.124. The molecule has 0 aliphatic carbocycles. The molecule has 47 heavy (non-hydrogen) atoms. The summed E-state index contributed by atoms with van der Waals surface area (Å²) in [4.78, 5) is 0. The topological polar surface area (TPSA) is 148 Å². The molecule has 3 aromatic carbocycles. The Hall–Kier alpha value is -3.90. The summed E-state index contributed by atoms with van der Waals surface area (Å²) in [6, 6.07) is 8.72. The van der Waals surface area contributed by atoms with Crippen molar-refractivity contribution in [1.29, 1.82) is 0 Å². The van der Waals surface area contributed by atoms with Gasteiger partial charge in [-0.25, -0.2) is 0 Å². The Labute approximate surface area is 274 Å². The summed E-state index contributed by atoms with van der Waals surface area (Å²) in [5.41, 5.74) is 14.6. The van der Waals surface area contributed by atoms with Gasteiger partial charge in [-0.2, -0.15) is 0 Å². The summed E-state index contributed by atoms with van der Waals surface area (Å²) >= 11 is 3.08. The molecule has 0 unspecified atom stereocenters. The molecule has 0 spiro atoms. The number of nitrogens with two attached hydrogens (primary N) is 2. The largest absolute Gasteiger partial charge is 0.586 e. The van der Waals surface area contributed by atoms with E-state index in [1.807, 2.05) is 20.8 Å². The molecular formula is C29H32BBrF6N2O8. The second-order valence-electron chi connectivity index (χ2n) is 9.84. The van der Waals surface area contributed by atoms with Crippen molar-refractivity contribution in [3.8, 4) is 34.5 Å². The molecule has 258 valence electrons. The molecule has 6 rings (SSSR count). The molecule has 0 bridgehead atoms. The number of fused-ring (bicyclic) bond motifs is 3. The van der Waals surface area contributed by atoms with E-state index in [4.69, 9.17) is 21.5 Å². The number of aryl methyl sites for hydroxylation is 3. The van der Waals surface area contributed by atoms with Gasteiger partial charge in [0.1, 0.15) is 0 Å². The van der Waals surface area contributed by atoms with Crippen molar-refractivity contribution >= 4 is 34.4 Å². The highest BCUT2D eigenvalue weighted by atomic mass is 79.9. The van der Waals surface area contributed by atoms with Crippen LogP contribution in [0.1, 0.15) is 44.4 Å². The summed E-state index contributed by atoms with van der Waals surface area (Å²) in [6.45, 7) is 7.54. The highest BCUT2D eigenvalue weighted by molar-refractivity contribution is 9.10. The normalized spacial score (nSPS) is 16.1. The first-order valence-electron chi connectivity index (χ1n) is 14.1. The molecule has 3 heterocycles. The first-order valence-corrected chi connectivity index (χ1v) is 14.9. The van der Waals surface area contributed by atoms with Crippen LogP contribution < -0.4 is 39.9 Å². The standard InChI is InChI=1S/C11H12F2O2.C9H9F2NO2.C7H4BrF2NO2.C2H7BO2/c1-3-7-5-9-10(6-8(7)4-2)15-11(12,13)14-9;1-2-5-3-7-8(4-6(5)12)14-9(10,11)13-7;8-3-1-5-6(2-4(3)11)13-7(9,10)12-5;1-2-3(4)5/h5-6H,3-4H2,1-2H3;3-4H,2,12H2,1H3;1-2H,11H2;4-5H,2H2,1H3. The van der Waals surface area contributed by atoms with Crippen molar-refractivity contribution in [3.05, 3.63) is 57.6 Å². The Morgan fingerprint density at radius 1 is 0.553 bits per heavy atom. The maximum atomic E-state index is 12.8. The fourth-order valence-electron chi connectivity index (χ4n) is 4.09. The third kappa shape index (κ3) is 10.0. The van der Waals surface area contributed by atoms with Crippen LogP contribution in [-0.2, 0) is 19.3 Å². The van der Waals surface area contributed by atoms with E-state index >= 15 is 0 Å². The van der Waals surface area contributed by atoms with E-state index in [0.29, 0.717) is 28.6 Å². The van der Waals surface area contributed by atoms with E-state index in [1.165, 1.54) is 24.3 Å². The summed E-state index contributed by atoms with van der Waals surface area (Å²) in [6.07, 6.45) is -8.00. The number of alkyl halides is 6. The minimum Gasteiger partial charge on any atom is -0.427 e. The first-order chi connectivity index (χ1) is 21.8. The van der Waals surface area contributed by atoms with Gasteiger partial charge in [0, 0.05) is 34.0 Å². The maximum Gasteiger partial charge on any atom is 0.586 e. The Morgan fingerprint density at radius 2 is 0.830 bits per heavy atom. The van der Waals surface area contributed by atoms with E-state index in [0.717, 1.165) is 29.5 Å². The summed E-state index contributed by atoms with van der Waals surface area (Å²) in [7, 11) is -1.12. The molecule has 0 saturated heterocycles. The van der Waals surface area contributed by atoms with Crippen molar-refractivity contribution in [2.75, 3.05) is 11.5 Å². The molecule has 3 aliphatic rings. The lowest BCUT2D eigenvalue weighted by Gasteiger charge is -2.06. The number of ether oxygens (including phenoxy) is 6. The zero-order chi connectivity index (χ0) is 35.3. The zero-order valence-corrected chi connectivity index (χ0v) is 27.1. The molecular weight excluding hydrogens is 709 g/mol. The number of benzene rings is 3. The number of rotatable bonds is 4. The third-order valence-electron chi connectivity index (χ3n) is 6.42. The van der Waals surface area contributed by atoms with Crippen LogP contribution in [0.3, 0.4) is 0 Å². The third-order valence-corrected chi connectivity index (χ3v) is 7.10. The predicted octanol–water partition coefficient (Wildman–Crippen LogP) is 7.12. The molecule has 0 radical (unpaired) electrons. The highest BCUT2D eigenvalue weighted by Gasteiger charge is 2.45. The molecule has 3 aliphatic heterocycles. The van der Waals surface area contributed by atoms with E-state index in [-0.39, 0.29) is 34.5 Å². The van der Waals surface area contributed by atoms with Crippen LogP contribution in [0.15, 0.2) is 40.9 Å². The Bertz CT molecular complexity index is 1500. The van der Waals surface area contributed by atoms with Gasteiger partial charge in [0.2, 0.25) is 0 Å². The monoisotopic (exact) mass is 740 g/mol.